The van der Waals surface area contributed by atoms with E-state index in [1.165, 1.54) is 6.42 Å². The highest BCUT2D eigenvalue weighted by atomic mass is 35.5. The van der Waals surface area contributed by atoms with Crippen LogP contribution in [0, 0.1) is 5.41 Å². The summed E-state index contributed by atoms with van der Waals surface area (Å²) in [5, 5.41) is 8.01. The summed E-state index contributed by atoms with van der Waals surface area (Å²) in [5.74, 6) is 0.718. The predicted molar refractivity (Wildman–Crippen MR) is 79.2 cm³/mol. The van der Waals surface area contributed by atoms with E-state index in [9.17, 15) is 0 Å². The number of pyridine rings is 1. The van der Waals surface area contributed by atoms with Gasteiger partial charge in [0.1, 0.15) is 11.7 Å². The molecule has 1 aliphatic heterocycles. The number of likely N-dealkylation sites (N-methyl/N-ethyl adjacent to an activating group) is 1. The molecule has 1 aromatic rings. The first-order valence-corrected chi connectivity index (χ1v) is 6.78. The molecule has 0 saturated carbocycles. The molecule has 1 unspecified atom stereocenters. The number of halogens is 1. The number of nitrogens with zero attached hydrogens (tertiary/aromatic N) is 3. The number of amidine groups is 1. The molecule has 2 rings (SSSR count). The van der Waals surface area contributed by atoms with Crippen molar-refractivity contribution in [1.29, 1.82) is 5.41 Å². The maximum Gasteiger partial charge on any atom is 0.148 e. The van der Waals surface area contributed by atoms with Crippen molar-refractivity contribution in [3.05, 3.63) is 22.8 Å². The van der Waals surface area contributed by atoms with Crippen molar-refractivity contribution in [3.63, 3.8) is 0 Å². The maximum absolute atomic E-state index is 7.53. The van der Waals surface area contributed by atoms with Gasteiger partial charge in [-0.15, -0.1) is 0 Å². The minimum absolute atomic E-state index is 0.0187. The zero-order chi connectivity index (χ0) is 14.0. The van der Waals surface area contributed by atoms with Crippen LogP contribution < -0.4 is 10.6 Å². The summed E-state index contributed by atoms with van der Waals surface area (Å²) in [5.41, 5.74) is 6.09. The van der Waals surface area contributed by atoms with Crippen LogP contribution in [0.3, 0.4) is 0 Å². The van der Waals surface area contributed by atoms with E-state index in [0.717, 1.165) is 25.3 Å². The average molecular weight is 282 g/mol. The van der Waals surface area contributed by atoms with E-state index in [1.54, 1.807) is 12.3 Å². The fourth-order valence-electron chi connectivity index (χ4n) is 2.43. The highest BCUT2D eigenvalue weighted by molar-refractivity contribution is 6.36. The van der Waals surface area contributed by atoms with Gasteiger partial charge >= 0.3 is 0 Å². The van der Waals surface area contributed by atoms with Gasteiger partial charge in [-0.25, -0.2) is 4.98 Å². The Morgan fingerprint density at radius 3 is 2.95 bits per heavy atom. The molecule has 19 heavy (non-hydrogen) atoms. The first kappa shape index (κ1) is 14.1. The lowest BCUT2D eigenvalue weighted by atomic mass is 10.0. The highest BCUT2D eigenvalue weighted by Crippen LogP contribution is 2.29. The lowest BCUT2D eigenvalue weighted by molar-refractivity contribution is 0.257. The van der Waals surface area contributed by atoms with Crippen LogP contribution in [0.5, 0.6) is 0 Å². The van der Waals surface area contributed by atoms with Gasteiger partial charge in [-0.2, -0.15) is 0 Å². The van der Waals surface area contributed by atoms with Gasteiger partial charge in [-0.1, -0.05) is 11.6 Å². The van der Waals surface area contributed by atoms with E-state index >= 15 is 0 Å². The SMILES string of the molecule is CN(C)C1CCCN(c2nccc(C(=N)N)c2Cl)C1. The van der Waals surface area contributed by atoms with E-state index in [-0.39, 0.29) is 5.84 Å². The molecule has 1 aromatic heterocycles. The number of aromatic nitrogens is 1. The molecule has 0 radical (unpaired) electrons. The van der Waals surface area contributed by atoms with Gasteiger partial charge in [0.2, 0.25) is 0 Å². The van der Waals surface area contributed by atoms with Gasteiger partial charge in [-0.3, -0.25) is 5.41 Å². The summed E-state index contributed by atoms with van der Waals surface area (Å²) < 4.78 is 0. The third-order valence-electron chi connectivity index (χ3n) is 3.59. The van der Waals surface area contributed by atoms with Crippen molar-refractivity contribution >= 4 is 23.3 Å². The van der Waals surface area contributed by atoms with E-state index < -0.39 is 0 Å². The summed E-state index contributed by atoms with van der Waals surface area (Å²) in [4.78, 5) is 8.78. The zero-order valence-corrected chi connectivity index (χ0v) is 12.1. The Morgan fingerprint density at radius 2 is 2.32 bits per heavy atom. The molecule has 5 nitrogen and oxygen atoms in total. The second kappa shape index (κ2) is 5.75. The standard InChI is InChI=1S/C13H20ClN5/c1-18(2)9-4-3-7-19(8-9)13-11(14)10(12(15)16)5-6-17-13/h5-6,9H,3-4,7-8H2,1-2H3,(H3,15,16). The monoisotopic (exact) mass is 281 g/mol. The summed E-state index contributed by atoms with van der Waals surface area (Å²) in [6.07, 6.45) is 3.97. The predicted octanol–water partition coefficient (Wildman–Crippen LogP) is 1.55. The normalized spacial score (nSPS) is 19.8. The number of nitrogen functional groups attached to an aromatic ring is 1. The quantitative estimate of drug-likeness (QED) is 0.651. The lowest BCUT2D eigenvalue weighted by Crippen LogP contribution is -2.45. The maximum atomic E-state index is 7.53. The van der Waals surface area contributed by atoms with Gasteiger partial charge in [0.05, 0.1) is 5.02 Å². The summed E-state index contributed by atoms with van der Waals surface area (Å²) in [6, 6.07) is 2.19. The van der Waals surface area contributed by atoms with Gasteiger partial charge in [0.25, 0.3) is 0 Å². The topological polar surface area (TPSA) is 69.2 Å². The molecule has 0 aliphatic carbocycles. The van der Waals surface area contributed by atoms with Crippen LogP contribution in [-0.4, -0.2) is 48.9 Å². The molecule has 1 fully saturated rings. The van der Waals surface area contributed by atoms with E-state index in [0.29, 0.717) is 16.6 Å². The van der Waals surface area contributed by atoms with Crippen molar-refractivity contribution in [2.75, 3.05) is 32.1 Å². The number of anilines is 1. The molecular weight excluding hydrogens is 262 g/mol. The minimum Gasteiger partial charge on any atom is -0.384 e. The molecule has 3 N–H and O–H groups in total. The highest BCUT2D eigenvalue weighted by Gasteiger charge is 2.24. The van der Waals surface area contributed by atoms with E-state index in [1.807, 2.05) is 0 Å². The summed E-state index contributed by atoms with van der Waals surface area (Å²) in [6.45, 7) is 1.85. The van der Waals surface area contributed by atoms with Gasteiger partial charge in [-0.05, 0) is 33.0 Å². The van der Waals surface area contributed by atoms with Crippen LogP contribution in [0.2, 0.25) is 5.02 Å². The summed E-state index contributed by atoms with van der Waals surface area (Å²) in [7, 11) is 4.18. The molecular formula is C13H20ClN5. The molecule has 1 saturated heterocycles. The van der Waals surface area contributed by atoms with Crippen molar-refractivity contribution in [1.82, 2.24) is 9.88 Å². The number of rotatable bonds is 3. The van der Waals surface area contributed by atoms with Gasteiger partial charge in [0, 0.05) is 30.9 Å². The molecule has 0 spiro atoms. The third-order valence-corrected chi connectivity index (χ3v) is 3.96. The Hall–Kier alpha value is -1.33. The first-order chi connectivity index (χ1) is 9.00. The second-order valence-corrected chi connectivity index (χ2v) is 5.49. The Balaban J connectivity index is 2.26. The van der Waals surface area contributed by atoms with Crippen molar-refractivity contribution in [3.8, 4) is 0 Å². The smallest absolute Gasteiger partial charge is 0.148 e. The average Bonchev–Trinajstić information content (AvgIpc) is 2.38. The Kier molecular flexibility index (Phi) is 4.27. The third kappa shape index (κ3) is 2.98. The fourth-order valence-corrected chi connectivity index (χ4v) is 2.76. The van der Waals surface area contributed by atoms with Crippen LogP contribution in [0.4, 0.5) is 5.82 Å². The largest absolute Gasteiger partial charge is 0.384 e. The molecule has 2 heterocycles. The van der Waals surface area contributed by atoms with Crippen LogP contribution in [0.15, 0.2) is 12.3 Å². The molecule has 6 heteroatoms. The van der Waals surface area contributed by atoms with Gasteiger partial charge < -0.3 is 15.5 Å². The molecule has 0 amide bonds. The minimum atomic E-state index is -0.0187. The van der Waals surface area contributed by atoms with Gasteiger partial charge in [0.15, 0.2) is 0 Å². The molecule has 1 atom stereocenters. The second-order valence-electron chi connectivity index (χ2n) is 5.12. The Labute approximate surface area is 118 Å². The van der Waals surface area contributed by atoms with E-state index in [4.69, 9.17) is 22.7 Å². The van der Waals surface area contributed by atoms with Crippen molar-refractivity contribution in [2.45, 2.75) is 18.9 Å². The molecule has 0 aromatic carbocycles. The van der Waals surface area contributed by atoms with E-state index in [2.05, 4.69) is 28.9 Å². The number of piperidine rings is 1. The number of hydrogen-bond donors (Lipinski definition) is 2. The fraction of sp³-hybridized carbons (Fsp3) is 0.538. The number of nitrogens with two attached hydrogens (primary N) is 1. The van der Waals surface area contributed by atoms with Crippen LogP contribution in [0.25, 0.3) is 0 Å². The number of hydrogen-bond acceptors (Lipinski definition) is 4. The molecule has 0 bridgehead atoms. The first-order valence-electron chi connectivity index (χ1n) is 6.41. The molecule has 1 aliphatic rings. The lowest BCUT2D eigenvalue weighted by Gasteiger charge is -2.37. The Morgan fingerprint density at radius 1 is 1.58 bits per heavy atom. The number of nitrogens with one attached hydrogen (secondary N) is 1. The van der Waals surface area contributed by atoms with Crippen molar-refractivity contribution in [2.24, 2.45) is 5.73 Å². The van der Waals surface area contributed by atoms with Crippen molar-refractivity contribution < 1.29 is 0 Å². The van der Waals surface area contributed by atoms with Crippen LogP contribution >= 0.6 is 11.6 Å². The van der Waals surface area contributed by atoms with Crippen LogP contribution in [0.1, 0.15) is 18.4 Å². The molecule has 104 valence electrons. The summed E-state index contributed by atoms with van der Waals surface area (Å²) >= 11 is 6.33. The van der Waals surface area contributed by atoms with Crippen LogP contribution in [-0.2, 0) is 0 Å². The zero-order valence-electron chi connectivity index (χ0n) is 11.4. The Bertz CT molecular complexity index is 474.